The topological polar surface area (TPSA) is 54.1 Å². The SMILES string of the molecule is CN1CCOC(CN=C(N)N2CCCCCC2)C1.I. The number of aliphatic imine (C=N–C) groups is 1. The molecule has 0 amide bonds. The zero-order valence-corrected chi connectivity index (χ0v) is 14.2. The second-order valence-corrected chi connectivity index (χ2v) is 5.36. The Balaban J connectivity index is 0.00000180. The second kappa shape index (κ2) is 8.97. The number of likely N-dealkylation sites (tertiary alicyclic amines) is 1. The van der Waals surface area contributed by atoms with E-state index in [0.29, 0.717) is 12.5 Å². The van der Waals surface area contributed by atoms with E-state index in [2.05, 4.69) is 21.8 Å². The maximum atomic E-state index is 6.08. The highest BCUT2D eigenvalue weighted by Crippen LogP contribution is 2.09. The number of halogens is 1. The summed E-state index contributed by atoms with van der Waals surface area (Å²) in [5, 5.41) is 0. The highest BCUT2D eigenvalue weighted by atomic mass is 127. The molecule has 19 heavy (non-hydrogen) atoms. The van der Waals surface area contributed by atoms with Crippen LogP contribution in [0.3, 0.4) is 0 Å². The maximum Gasteiger partial charge on any atom is 0.191 e. The van der Waals surface area contributed by atoms with Gasteiger partial charge in [0.2, 0.25) is 0 Å². The first-order valence-corrected chi connectivity index (χ1v) is 7.11. The first-order chi connectivity index (χ1) is 8.75. The molecule has 2 rings (SSSR count). The van der Waals surface area contributed by atoms with Gasteiger partial charge in [-0.25, -0.2) is 0 Å². The Hall–Kier alpha value is -0.0800. The zero-order valence-electron chi connectivity index (χ0n) is 11.9. The average Bonchev–Trinajstić information content (AvgIpc) is 2.65. The summed E-state index contributed by atoms with van der Waals surface area (Å²) in [6.45, 7) is 5.58. The molecule has 2 aliphatic rings. The van der Waals surface area contributed by atoms with Gasteiger partial charge in [-0.15, -0.1) is 24.0 Å². The standard InChI is InChI=1S/C13H26N4O.HI/c1-16-8-9-18-12(11-16)10-15-13(14)17-6-4-2-3-5-7-17;/h12H,2-11H2,1H3,(H2,14,15);1H. The molecule has 0 aromatic carbocycles. The molecule has 2 heterocycles. The fourth-order valence-electron chi connectivity index (χ4n) is 2.57. The number of likely N-dealkylation sites (N-methyl/N-ethyl adjacent to an activating group) is 1. The predicted molar refractivity (Wildman–Crippen MR) is 89.2 cm³/mol. The van der Waals surface area contributed by atoms with Gasteiger partial charge in [0.1, 0.15) is 0 Å². The van der Waals surface area contributed by atoms with Gasteiger partial charge in [0, 0.05) is 26.2 Å². The third kappa shape index (κ3) is 5.83. The largest absolute Gasteiger partial charge is 0.374 e. The summed E-state index contributed by atoms with van der Waals surface area (Å²) in [6.07, 6.45) is 5.31. The van der Waals surface area contributed by atoms with Crippen molar-refractivity contribution in [3.63, 3.8) is 0 Å². The number of morpholine rings is 1. The van der Waals surface area contributed by atoms with Crippen LogP contribution in [0.1, 0.15) is 25.7 Å². The van der Waals surface area contributed by atoms with Gasteiger partial charge in [0.05, 0.1) is 19.3 Å². The predicted octanol–water partition coefficient (Wildman–Crippen LogP) is 1.13. The molecular weight excluding hydrogens is 355 g/mol. The minimum absolute atomic E-state index is 0. The molecule has 0 aromatic heterocycles. The van der Waals surface area contributed by atoms with Crippen LogP contribution in [0.25, 0.3) is 0 Å². The lowest BCUT2D eigenvalue weighted by molar-refractivity contribution is -0.0137. The van der Waals surface area contributed by atoms with E-state index < -0.39 is 0 Å². The summed E-state index contributed by atoms with van der Waals surface area (Å²) >= 11 is 0. The number of hydrogen-bond acceptors (Lipinski definition) is 3. The molecule has 1 unspecified atom stereocenters. The van der Waals surface area contributed by atoms with Crippen molar-refractivity contribution in [2.24, 2.45) is 10.7 Å². The van der Waals surface area contributed by atoms with Gasteiger partial charge in [-0.3, -0.25) is 4.99 Å². The number of guanidine groups is 1. The van der Waals surface area contributed by atoms with Crippen LogP contribution in [0.4, 0.5) is 0 Å². The van der Waals surface area contributed by atoms with E-state index in [1.54, 1.807) is 0 Å². The van der Waals surface area contributed by atoms with Crippen LogP contribution in [0.2, 0.25) is 0 Å². The Morgan fingerprint density at radius 3 is 2.53 bits per heavy atom. The van der Waals surface area contributed by atoms with Crippen molar-refractivity contribution in [2.75, 3.05) is 46.4 Å². The fourth-order valence-corrected chi connectivity index (χ4v) is 2.57. The van der Waals surface area contributed by atoms with Gasteiger partial charge in [0.25, 0.3) is 0 Å². The number of hydrogen-bond donors (Lipinski definition) is 1. The van der Waals surface area contributed by atoms with E-state index >= 15 is 0 Å². The summed E-state index contributed by atoms with van der Waals surface area (Å²) in [4.78, 5) is 9.02. The Kier molecular flexibility index (Phi) is 8.01. The van der Waals surface area contributed by atoms with Crippen LogP contribution in [0.15, 0.2) is 4.99 Å². The van der Waals surface area contributed by atoms with Crippen LogP contribution in [-0.4, -0.2) is 68.2 Å². The van der Waals surface area contributed by atoms with Crippen molar-refractivity contribution in [1.29, 1.82) is 0 Å². The van der Waals surface area contributed by atoms with Crippen molar-refractivity contribution in [1.82, 2.24) is 9.80 Å². The summed E-state index contributed by atoms with van der Waals surface area (Å²) in [7, 11) is 2.12. The molecule has 0 saturated carbocycles. The van der Waals surface area contributed by atoms with Crippen LogP contribution in [0, 0.1) is 0 Å². The van der Waals surface area contributed by atoms with E-state index in [-0.39, 0.29) is 30.1 Å². The summed E-state index contributed by atoms with van der Waals surface area (Å²) in [5.41, 5.74) is 6.08. The second-order valence-electron chi connectivity index (χ2n) is 5.36. The Morgan fingerprint density at radius 1 is 1.21 bits per heavy atom. The van der Waals surface area contributed by atoms with E-state index in [4.69, 9.17) is 10.5 Å². The average molecular weight is 382 g/mol. The fraction of sp³-hybridized carbons (Fsp3) is 0.923. The molecule has 2 fully saturated rings. The molecule has 0 radical (unpaired) electrons. The van der Waals surface area contributed by atoms with E-state index in [9.17, 15) is 0 Å². The minimum atomic E-state index is 0. The molecule has 0 bridgehead atoms. The maximum absolute atomic E-state index is 6.08. The number of rotatable bonds is 2. The van der Waals surface area contributed by atoms with Gasteiger partial charge >= 0.3 is 0 Å². The third-order valence-electron chi connectivity index (χ3n) is 3.73. The Morgan fingerprint density at radius 2 is 1.89 bits per heavy atom. The molecule has 0 spiro atoms. The molecule has 1 atom stereocenters. The van der Waals surface area contributed by atoms with Gasteiger partial charge in [-0.05, 0) is 19.9 Å². The molecule has 2 N–H and O–H groups in total. The number of nitrogens with two attached hydrogens (primary N) is 1. The molecule has 2 aliphatic heterocycles. The van der Waals surface area contributed by atoms with E-state index in [1.165, 1.54) is 25.7 Å². The number of nitrogens with zero attached hydrogens (tertiary/aromatic N) is 3. The first-order valence-electron chi connectivity index (χ1n) is 7.11. The first kappa shape index (κ1) is 17.0. The highest BCUT2D eigenvalue weighted by molar-refractivity contribution is 14.0. The molecule has 6 heteroatoms. The molecular formula is C13H27IN4O. The lowest BCUT2D eigenvalue weighted by Crippen LogP contribution is -2.43. The van der Waals surface area contributed by atoms with Gasteiger partial charge in [-0.1, -0.05) is 12.8 Å². The molecule has 112 valence electrons. The molecule has 5 nitrogen and oxygen atoms in total. The van der Waals surface area contributed by atoms with Gasteiger partial charge in [-0.2, -0.15) is 0 Å². The van der Waals surface area contributed by atoms with Crippen molar-refractivity contribution >= 4 is 29.9 Å². The molecule has 0 aromatic rings. The smallest absolute Gasteiger partial charge is 0.191 e. The van der Waals surface area contributed by atoms with Gasteiger partial charge < -0.3 is 20.3 Å². The Bertz CT molecular complexity index is 280. The number of ether oxygens (including phenoxy) is 1. The van der Waals surface area contributed by atoms with Crippen molar-refractivity contribution in [3.8, 4) is 0 Å². The van der Waals surface area contributed by atoms with Crippen molar-refractivity contribution in [3.05, 3.63) is 0 Å². The Labute approximate surface area is 133 Å². The van der Waals surface area contributed by atoms with Gasteiger partial charge in [0.15, 0.2) is 5.96 Å². The zero-order chi connectivity index (χ0) is 12.8. The molecule has 2 saturated heterocycles. The van der Waals surface area contributed by atoms with Crippen LogP contribution >= 0.6 is 24.0 Å². The highest BCUT2D eigenvalue weighted by Gasteiger charge is 2.18. The normalized spacial score (nSPS) is 26.7. The van der Waals surface area contributed by atoms with E-state index in [1.807, 2.05) is 0 Å². The van der Waals surface area contributed by atoms with Crippen LogP contribution in [-0.2, 0) is 4.74 Å². The summed E-state index contributed by atoms with van der Waals surface area (Å²) < 4.78 is 5.69. The monoisotopic (exact) mass is 382 g/mol. The lowest BCUT2D eigenvalue weighted by atomic mass is 10.2. The van der Waals surface area contributed by atoms with Crippen LogP contribution in [0.5, 0.6) is 0 Å². The summed E-state index contributed by atoms with van der Waals surface area (Å²) in [6, 6.07) is 0. The third-order valence-corrected chi connectivity index (χ3v) is 3.73. The van der Waals surface area contributed by atoms with Crippen molar-refractivity contribution < 1.29 is 4.74 Å². The molecule has 0 aliphatic carbocycles. The minimum Gasteiger partial charge on any atom is -0.374 e. The van der Waals surface area contributed by atoms with Crippen molar-refractivity contribution in [2.45, 2.75) is 31.8 Å². The summed E-state index contributed by atoms with van der Waals surface area (Å²) in [5.74, 6) is 0.703. The lowest BCUT2D eigenvalue weighted by Gasteiger charge is -2.29. The van der Waals surface area contributed by atoms with Crippen LogP contribution < -0.4 is 5.73 Å². The van der Waals surface area contributed by atoms with E-state index in [0.717, 1.165) is 32.8 Å². The quantitative estimate of drug-likeness (QED) is 0.442.